The van der Waals surface area contributed by atoms with Gasteiger partial charge >= 0.3 is 0 Å². The maximum Gasteiger partial charge on any atom is 0.287 e. The number of ether oxygens (including phenoxy) is 2. The molecule has 0 bridgehead atoms. The van der Waals surface area contributed by atoms with Gasteiger partial charge in [-0.3, -0.25) is 9.69 Å². The van der Waals surface area contributed by atoms with Gasteiger partial charge < -0.3 is 19.2 Å². The van der Waals surface area contributed by atoms with Crippen molar-refractivity contribution in [2.45, 2.75) is 6.61 Å². The summed E-state index contributed by atoms with van der Waals surface area (Å²) >= 11 is 5.83. The monoisotopic (exact) mass is 364 g/mol. The van der Waals surface area contributed by atoms with E-state index in [2.05, 4.69) is 10.2 Å². The highest BCUT2D eigenvalue weighted by Gasteiger charge is 2.13. The standard InChI is InChI=1S/C18H21ClN2O4/c19-14-1-3-15(4-2-14)24-13-16-5-6-17(25-16)18(22)20-7-8-21-9-11-23-12-10-21/h1-6H,7-13H2,(H,20,22). The molecule has 1 aliphatic heterocycles. The summed E-state index contributed by atoms with van der Waals surface area (Å²) < 4.78 is 16.4. The molecule has 3 rings (SSSR count). The lowest BCUT2D eigenvalue weighted by Crippen LogP contribution is -2.41. The fraction of sp³-hybridized carbons (Fsp3) is 0.389. The molecule has 1 fully saturated rings. The first-order valence-electron chi connectivity index (χ1n) is 8.26. The molecule has 1 amide bonds. The molecule has 1 aromatic carbocycles. The Kier molecular flexibility index (Phi) is 6.33. The molecule has 134 valence electrons. The third-order valence-corrected chi connectivity index (χ3v) is 4.15. The number of nitrogens with one attached hydrogen (secondary N) is 1. The van der Waals surface area contributed by atoms with Crippen LogP contribution in [0.5, 0.6) is 5.75 Å². The zero-order chi connectivity index (χ0) is 17.5. The van der Waals surface area contributed by atoms with Gasteiger partial charge in [0.15, 0.2) is 5.76 Å². The van der Waals surface area contributed by atoms with Gasteiger partial charge in [0.05, 0.1) is 13.2 Å². The average molecular weight is 365 g/mol. The van der Waals surface area contributed by atoms with Gasteiger partial charge in [-0.15, -0.1) is 0 Å². The molecule has 0 atom stereocenters. The Labute approximate surface area is 151 Å². The van der Waals surface area contributed by atoms with Gasteiger partial charge in [-0.05, 0) is 36.4 Å². The van der Waals surface area contributed by atoms with Crippen molar-refractivity contribution in [3.05, 3.63) is 52.9 Å². The van der Waals surface area contributed by atoms with Crippen LogP contribution in [0.25, 0.3) is 0 Å². The van der Waals surface area contributed by atoms with Gasteiger partial charge in [0, 0.05) is 31.2 Å². The Bertz CT molecular complexity index is 681. The lowest BCUT2D eigenvalue weighted by molar-refractivity contribution is 0.0382. The number of nitrogens with zero attached hydrogens (tertiary/aromatic N) is 1. The van der Waals surface area contributed by atoms with E-state index >= 15 is 0 Å². The summed E-state index contributed by atoms with van der Waals surface area (Å²) in [5.74, 6) is 1.35. The van der Waals surface area contributed by atoms with Crippen LogP contribution >= 0.6 is 11.6 Å². The summed E-state index contributed by atoms with van der Waals surface area (Å²) in [5, 5.41) is 3.52. The summed E-state index contributed by atoms with van der Waals surface area (Å²) in [6.45, 7) is 4.96. The maximum atomic E-state index is 12.1. The van der Waals surface area contributed by atoms with E-state index in [1.807, 2.05) is 0 Å². The number of amides is 1. The number of halogens is 1. The van der Waals surface area contributed by atoms with E-state index < -0.39 is 0 Å². The zero-order valence-corrected chi connectivity index (χ0v) is 14.6. The van der Waals surface area contributed by atoms with Crippen molar-refractivity contribution in [2.75, 3.05) is 39.4 Å². The number of benzene rings is 1. The van der Waals surface area contributed by atoms with Crippen LogP contribution < -0.4 is 10.1 Å². The van der Waals surface area contributed by atoms with Crippen molar-refractivity contribution in [1.82, 2.24) is 10.2 Å². The number of rotatable bonds is 7. The van der Waals surface area contributed by atoms with Crippen molar-refractivity contribution >= 4 is 17.5 Å². The van der Waals surface area contributed by atoms with E-state index in [0.717, 1.165) is 32.8 Å². The molecule has 2 aromatic rings. The van der Waals surface area contributed by atoms with Crippen LogP contribution in [0.1, 0.15) is 16.3 Å². The Morgan fingerprint density at radius 2 is 1.92 bits per heavy atom. The van der Waals surface area contributed by atoms with Crippen LogP contribution in [0.4, 0.5) is 0 Å². The SMILES string of the molecule is O=C(NCCN1CCOCC1)c1ccc(COc2ccc(Cl)cc2)o1. The minimum atomic E-state index is -0.217. The third-order valence-electron chi connectivity index (χ3n) is 3.90. The van der Waals surface area contributed by atoms with Gasteiger partial charge in [0.1, 0.15) is 18.1 Å². The first-order chi connectivity index (χ1) is 12.2. The second-order valence-electron chi connectivity index (χ2n) is 5.72. The number of furan rings is 1. The Hall–Kier alpha value is -2.02. The number of hydrogen-bond acceptors (Lipinski definition) is 5. The minimum Gasteiger partial charge on any atom is -0.486 e. The molecule has 0 saturated carbocycles. The van der Waals surface area contributed by atoms with Crippen LogP contribution in [0.2, 0.25) is 5.02 Å². The van der Waals surface area contributed by atoms with E-state index in [4.69, 9.17) is 25.5 Å². The van der Waals surface area contributed by atoms with Crippen LogP contribution in [0, 0.1) is 0 Å². The molecule has 1 aromatic heterocycles. The van der Waals surface area contributed by atoms with E-state index in [0.29, 0.717) is 23.1 Å². The smallest absolute Gasteiger partial charge is 0.287 e. The van der Waals surface area contributed by atoms with Crippen LogP contribution in [-0.4, -0.2) is 50.2 Å². The number of hydrogen-bond donors (Lipinski definition) is 1. The second-order valence-corrected chi connectivity index (χ2v) is 6.15. The summed E-state index contributed by atoms with van der Waals surface area (Å²) in [6.07, 6.45) is 0. The Morgan fingerprint density at radius 3 is 2.68 bits per heavy atom. The lowest BCUT2D eigenvalue weighted by atomic mass is 10.3. The van der Waals surface area contributed by atoms with E-state index in [1.165, 1.54) is 0 Å². The van der Waals surface area contributed by atoms with Crippen molar-refractivity contribution < 1.29 is 18.7 Å². The molecular formula is C18H21ClN2O4. The molecular weight excluding hydrogens is 344 g/mol. The number of carbonyl (C=O) groups excluding carboxylic acids is 1. The van der Waals surface area contributed by atoms with Crippen molar-refractivity contribution in [3.8, 4) is 5.75 Å². The molecule has 6 nitrogen and oxygen atoms in total. The molecule has 1 aliphatic rings. The highest BCUT2D eigenvalue weighted by Crippen LogP contribution is 2.17. The highest BCUT2D eigenvalue weighted by atomic mass is 35.5. The quantitative estimate of drug-likeness (QED) is 0.818. The summed E-state index contributed by atoms with van der Waals surface area (Å²) in [5.41, 5.74) is 0. The molecule has 0 spiro atoms. The summed E-state index contributed by atoms with van der Waals surface area (Å²) in [7, 11) is 0. The first-order valence-corrected chi connectivity index (χ1v) is 8.64. The van der Waals surface area contributed by atoms with E-state index in [1.54, 1.807) is 36.4 Å². The summed E-state index contributed by atoms with van der Waals surface area (Å²) in [6, 6.07) is 10.5. The third kappa shape index (κ3) is 5.49. The van der Waals surface area contributed by atoms with Gasteiger partial charge in [0.2, 0.25) is 0 Å². The van der Waals surface area contributed by atoms with E-state index in [-0.39, 0.29) is 18.3 Å². The molecule has 0 aliphatic carbocycles. The van der Waals surface area contributed by atoms with E-state index in [9.17, 15) is 4.79 Å². The minimum absolute atomic E-state index is 0.217. The normalized spacial score (nSPS) is 15.1. The molecule has 25 heavy (non-hydrogen) atoms. The van der Waals surface area contributed by atoms with Gasteiger partial charge in [-0.25, -0.2) is 0 Å². The molecule has 0 radical (unpaired) electrons. The Balaban J connectivity index is 1.42. The van der Waals surface area contributed by atoms with Crippen LogP contribution in [0.3, 0.4) is 0 Å². The fourth-order valence-electron chi connectivity index (χ4n) is 2.50. The topological polar surface area (TPSA) is 63.9 Å². The average Bonchev–Trinajstić information content (AvgIpc) is 3.11. The van der Waals surface area contributed by atoms with Crippen molar-refractivity contribution in [1.29, 1.82) is 0 Å². The van der Waals surface area contributed by atoms with Crippen molar-refractivity contribution in [2.24, 2.45) is 0 Å². The highest BCUT2D eigenvalue weighted by molar-refractivity contribution is 6.30. The predicted octanol–water partition coefficient (Wildman–Crippen LogP) is 2.57. The molecule has 7 heteroatoms. The molecule has 2 heterocycles. The Morgan fingerprint density at radius 1 is 1.16 bits per heavy atom. The van der Waals surface area contributed by atoms with Crippen LogP contribution in [-0.2, 0) is 11.3 Å². The number of morpholine rings is 1. The first kappa shape index (κ1) is 17.8. The van der Waals surface area contributed by atoms with Gasteiger partial charge in [0.25, 0.3) is 5.91 Å². The largest absolute Gasteiger partial charge is 0.486 e. The number of carbonyl (C=O) groups is 1. The van der Waals surface area contributed by atoms with Crippen LogP contribution in [0.15, 0.2) is 40.8 Å². The summed E-state index contributed by atoms with van der Waals surface area (Å²) in [4.78, 5) is 14.4. The fourth-order valence-corrected chi connectivity index (χ4v) is 2.63. The van der Waals surface area contributed by atoms with Gasteiger partial charge in [-0.2, -0.15) is 0 Å². The lowest BCUT2D eigenvalue weighted by Gasteiger charge is -2.26. The molecule has 0 unspecified atom stereocenters. The van der Waals surface area contributed by atoms with Crippen molar-refractivity contribution in [3.63, 3.8) is 0 Å². The second kappa shape index (κ2) is 8.89. The molecule has 1 N–H and O–H groups in total. The predicted molar refractivity (Wildman–Crippen MR) is 94.1 cm³/mol. The van der Waals surface area contributed by atoms with Gasteiger partial charge in [-0.1, -0.05) is 11.6 Å². The zero-order valence-electron chi connectivity index (χ0n) is 13.9. The molecule has 1 saturated heterocycles. The maximum absolute atomic E-state index is 12.1.